The van der Waals surface area contributed by atoms with Crippen LogP contribution in [0.3, 0.4) is 0 Å². The van der Waals surface area contributed by atoms with Gasteiger partial charge in [0.1, 0.15) is 0 Å². The average molecular weight is 296 g/mol. The smallest absolute Gasteiger partial charge is 0.269 e. The first kappa shape index (κ1) is 14.2. The minimum absolute atomic E-state index is 0.0200. The summed E-state index contributed by atoms with van der Waals surface area (Å²) >= 11 is 0. The van der Waals surface area contributed by atoms with Crippen molar-refractivity contribution in [1.82, 2.24) is 14.9 Å². The van der Waals surface area contributed by atoms with Gasteiger partial charge < -0.3 is 0 Å². The summed E-state index contributed by atoms with van der Waals surface area (Å²) in [5.74, 6) is 0. The van der Waals surface area contributed by atoms with E-state index in [1.54, 1.807) is 6.20 Å². The summed E-state index contributed by atoms with van der Waals surface area (Å²) in [5, 5.41) is 16.9. The molecule has 0 atom stereocenters. The van der Waals surface area contributed by atoms with Crippen LogP contribution in [-0.2, 0) is 16.6 Å². The lowest BCUT2D eigenvalue weighted by Crippen LogP contribution is -2.23. The molecule has 0 aliphatic carbocycles. The van der Waals surface area contributed by atoms with Gasteiger partial charge in [-0.05, 0) is 18.6 Å². The zero-order valence-electron chi connectivity index (χ0n) is 10.5. The molecular weight excluding hydrogens is 284 g/mol. The second-order valence-corrected chi connectivity index (χ2v) is 5.87. The number of hydrogen-bond acceptors (Lipinski definition) is 5. The average Bonchev–Trinajstić information content (AvgIpc) is 2.89. The van der Waals surface area contributed by atoms with Gasteiger partial charge in [0.25, 0.3) is 5.69 Å². The number of aromatic amines is 1. The van der Waals surface area contributed by atoms with E-state index in [0.29, 0.717) is 11.1 Å². The fourth-order valence-electron chi connectivity index (χ4n) is 1.68. The van der Waals surface area contributed by atoms with Gasteiger partial charge in [0.05, 0.1) is 16.0 Å². The summed E-state index contributed by atoms with van der Waals surface area (Å²) in [6.45, 7) is 1.61. The fourth-order valence-corrected chi connectivity index (χ4v) is 2.92. The number of rotatable bonds is 5. The lowest BCUT2D eigenvalue weighted by atomic mass is 10.2. The molecule has 1 aromatic heterocycles. The third kappa shape index (κ3) is 3.00. The van der Waals surface area contributed by atoms with Crippen molar-refractivity contribution in [2.45, 2.75) is 18.4 Å². The Labute approximate surface area is 115 Å². The standard InChI is InChI=1S/C11H12N4O4S/c1-8-4-10(15(16)17)2-3-11(8)20(18,19)14-7-9-5-12-13-6-9/h2-6,14H,7H2,1H3,(H,12,13). The van der Waals surface area contributed by atoms with Gasteiger partial charge in [-0.15, -0.1) is 0 Å². The quantitative estimate of drug-likeness (QED) is 0.632. The number of nitrogens with one attached hydrogen (secondary N) is 2. The molecule has 2 N–H and O–H groups in total. The van der Waals surface area contributed by atoms with Crippen LogP contribution in [0.2, 0.25) is 0 Å². The number of benzene rings is 1. The van der Waals surface area contributed by atoms with Crippen molar-refractivity contribution in [1.29, 1.82) is 0 Å². The molecule has 1 aromatic carbocycles. The third-order valence-electron chi connectivity index (χ3n) is 2.68. The number of aromatic nitrogens is 2. The topological polar surface area (TPSA) is 118 Å². The fraction of sp³-hybridized carbons (Fsp3) is 0.182. The SMILES string of the molecule is Cc1cc([N+](=O)[O-])ccc1S(=O)(=O)NCc1cn[nH]c1. The molecule has 0 amide bonds. The molecule has 0 bridgehead atoms. The number of non-ortho nitro benzene ring substituents is 1. The molecule has 2 rings (SSSR count). The van der Waals surface area contributed by atoms with Crippen LogP contribution in [0.15, 0.2) is 35.5 Å². The Morgan fingerprint density at radius 3 is 2.75 bits per heavy atom. The normalized spacial score (nSPS) is 11.4. The Bertz CT molecular complexity index is 725. The van der Waals surface area contributed by atoms with Gasteiger partial charge in [-0.2, -0.15) is 5.10 Å². The second kappa shape index (κ2) is 5.39. The molecule has 20 heavy (non-hydrogen) atoms. The van der Waals surface area contributed by atoms with Crippen molar-refractivity contribution in [2.75, 3.05) is 0 Å². The molecule has 9 heteroatoms. The molecule has 2 aromatic rings. The van der Waals surface area contributed by atoms with Gasteiger partial charge in [0, 0.05) is 30.4 Å². The first-order valence-electron chi connectivity index (χ1n) is 5.62. The van der Waals surface area contributed by atoms with Crippen LogP contribution in [0.1, 0.15) is 11.1 Å². The number of hydrogen-bond donors (Lipinski definition) is 2. The minimum Gasteiger partial charge on any atom is -0.285 e. The molecule has 0 spiro atoms. The summed E-state index contributed by atoms with van der Waals surface area (Å²) < 4.78 is 26.6. The van der Waals surface area contributed by atoms with Gasteiger partial charge in [-0.25, -0.2) is 13.1 Å². The van der Waals surface area contributed by atoms with E-state index in [0.717, 1.165) is 0 Å². The lowest BCUT2D eigenvalue weighted by molar-refractivity contribution is -0.385. The van der Waals surface area contributed by atoms with E-state index >= 15 is 0 Å². The Morgan fingerprint density at radius 1 is 1.45 bits per heavy atom. The predicted octanol–water partition coefficient (Wildman–Crippen LogP) is 1.10. The van der Waals surface area contributed by atoms with E-state index < -0.39 is 14.9 Å². The molecule has 0 radical (unpaired) electrons. The van der Waals surface area contributed by atoms with Crippen molar-refractivity contribution >= 4 is 15.7 Å². The van der Waals surface area contributed by atoms with Crippen LogP contribution in [0.25, 0.3) is 0 Å². The monoisotopic (exact) mass is 296 g/mol. The van der Waals surface area contributed by atoms with Crippen LogP contribution in [-0.4, -0.2) is 23.5 Å². The highest BCUT2D eigenvalue weighted by Gasteiger charge is 2.19. The molecule has 0 aliphatic rings. The molecular formula is C11H12N4O4S. The molecule has 0 saturated heterocycles. The van der Waals surface area contributed by atoms with Gasteiger partial charge in [-0.1, -0.05) is 0 Å². The van der Waals surface area contributed by atoms with E-state index in [2.05, 4.69) is 14.9 Å². The maximum Gasteiger partial charge on any atom is 0.269 e. The first-order valence-corrected chi connectivity index (χ1v) is 7.11. The van der Waals surface area contributed by atoms with E-state index in [1.807, 2.05) is 0 Å². The van der Waals surface area contributed by atoms with Crippen molar-refractivity contribution in [3.8, 4) is 0 Å². The summed E-state index contributed by atoms with van der Waals surface area (Å²) in [5.41, 5.74) is 0.864. The van der Waals surface area contributed by atoms with E-state index in [-0.39, 0.29) is 17.1 Å². The van der Waals surface area contributed by atoms with Crippen LogP contribution in [0.5, 0.6) is 0 Å². The molecule has 1 heterocycles. The number of nitrogens with zero attached hydrogens (tertiary/aromatic N) is 2. The molecule has 0 fully saturated rings. The van der Waals surface area contributed by atoms with Crippen molar-refractivity contribution in [3.63, 3.8) is 0 Å². The molecule has 8 nitrogen and oxygen atoms in total. The number of aryl methyl sites for hydroxylation is 1. The summed E-state index contributed by atoms with van der Waals surface area (Å²) in [7, 11) is -3.72. The number of H-pyrrole nitrogens is 1. The lowest BCUT2D eigenvalue weighted by Gasteiger charge is -2.08. The summed E-state index contributed by atoms with van der Waals surface area (Å²) in [6.07, 6.45) is 3.08. The maximum atomic E-state index is 12.1. The highest BCUT2D eigenvalue weighted by molar-refractivity contribution is 7.89. The van der Waals surface area contributed by atoms with Crippen molar-refractivity contribution in [2.24, 2.45) is 0 Å². The Morgan fingerprint density at radius 2 is 2.20 bits per heavy atom. The van der Waals surface area contributed by atoms with Crippen molar-refractivity contribution < 1.29 is 13.3 Å². The molecule has 0 aliphatic heterocycles. The second-order valence-electron chi connectivity index (χ2n) is 4.14. The summed E-state index contributed by atoms with van der Waals surface area (Å²) in [4.78, 5) is 10.1. The van der Waals surface area contributed by atoms with E-state index in [4.69, 9.17) is 0 Å². The minimum atomic E-state index is -3.72. The molecule has 0 unspecified atom stereocenters. The highest BCUT2D eigenvalue weighted by atomic mass is 32.2. The zero-order chi connectivity index (χ0) is 14.8. The number of nitro groups is 1. The first-order chi connectivity index (χ1) is 9.40. The summed E-state index contributed by atoms with van der Waals surface area (Å²) in [6, 6.07) is 3.62. The van der Waals surface area contributed by atoms with Crippen LogP contribution in [0, 0.1) is 17.0 Å². The van der Waals surface area contributed by atoms with Crippen LogP contribution < -0.4 is 4.72 Å². The zero-order valence-corrected chi connectivity index (χ0v) is 11.3. The largest absolute Gasteiger partial charge is 0.285 e. The van der Waals surface area contributed by atoms with Gasteiger partial charge in [0.15, 0.2) is 0 Å². The van der Waals surface area contributed by atoms with E-state index in [1.165, 1.54) is 31.3 Å². The number of nitro benzene ring substituents is 1. The molecule has 106 valence electrons. The van der Waals surface area contributed by atoms with Crippen molar-refractivity contribution in [3.05, 3.63) is 51.8 Å². The van der Waals surface area contributed by atoms with Gasteiger partial charge in [0.2, 0.25) is 10.0 Å². The Hall–Kier alpha value is -2.26. The van der Waals surface area contributed by atoms with Gasteiger partial charge in [-0.3, -0.25) is 15.2 Å². The van der Waals surface area contributed by atoms with E-state index in [9.17, 15) is 18.5 Å². The Kier molecular flexibility index (Phi) is 3.81. The third-order valence-corrected chi connectivity index (χ3v) is 4.24. The van der Waals surface area contributed by atoms with Gasteiger partial charge >= 0.3 is 0 Å². The number of sulfonamides is 1. The Balaban J connectivity index is 2.23. The highest BCUT2D eigenvalue weighted by Crippen LogP contribution is 2.21. The maximum absolute atomic E-state index is 12.1. The van der Waals surface area contributed by atoms with Crippen LogP contribution >= 0.6 is 0 Å². The molecule has 0 saturated carbocycles. The van der Waals surface area contributed by atoms with Crippen LogP contribution in [0.4, 0.5) is 5.69 Å². The predicted molar refractivity (Wildman–Crippen MR) is 70.4 cm³/mol.